The molecule has 1 aliphatic carbocycles. The molecule has 1 aromatic rings. The van der Waals surface area contributed by atoms with Crippen LogP contribution in [0.4, 0.5) is 0 Å². The van der Waals surface area contributed by atoms with Crippen molar-refractivity contribution in [2.45, 2.75) is 51.2 Å². The molecule has 1 aromatic heterocycles. The van der Waals surface area contributed by atoms with Crippen LogP contribution in [-0.4, -0.2) is 20.6 Å². The normalized spacial score (nSPS) is 28.3. The Labute approximate surface area is 113 Å². The first kappa shape index (κ1) is 13.5. The largest absolute Gasteiger partial charge is 0.477 e. The van der Waals surface area contributed by atoms with Crippen molar-refractivity contribution in [3.63, 3.8) is 0 Å². The number of hydrogen-bond acceptors (Lipinski definition) is 3. The van der Waals surface area contributed by atoms with E-state index in [1.54, 1.807) is 6.92 Å². The minimum Gasteiger partial charge on any atom is -0.477 e. The highest BCUT2D eigenvalue weighted by Crippen LogP contribution is 2.40. The van der Waals surface area contributed by atoms with E-state index in [0.29, 0.717) is 28.4 Å². The fraction of sp³-hybridized carbons (Fsp3) is 0.692. The average molecular weight is 268 g/mol. The summed E-state index contributed by atoms with van der Waals surface area (Å²) in [4.78, 5) is 15.6. The first-order chi connectivity index (χ1) is 8.43. The summed E-state index contributed by atoms with van der Waals surface area (Å²) in [7, 11) is 0. The van der Waals surface area contributed by atoms with E-state index in [2.05, 4.69) is 31.5 Å². The number of hydrogen-bond donors (Lipinski definition) is 2. The molecule has 5 heteroatoms. The molecule has 0 amide bonds. The number of nitrogens with zero attached hydrogens (tertiary/aromatic N) is 2. The lowest BCUT2D eigenvalue weighted by Crippen LogP contribution is -2.30. The first-order valence-corrected chi connectivity index (χ1v) is 6.89. The highest BCUT2D eigenvalue weighted by atomic mass is 32.1. The van der Waals surface area contributed by atoms with Crippen LogP contribution in [0.15, 0.2) is 5.16 Å². The maximum atomic E-state index is 11.4. The molecule has 1 N–H and O–H groups in total. The minimum absolute atomic E-state index is 0.193. The molecular formula is C13H20N2O2S. The van der Waals surface area contributed by atoms with E-state index >= 15 is 0 Å². The number of thiol groups is 1. The summed E-state index contributed by atoms with van der Waals surface area (Å²) < 4.78 is 1.83. The van der Waals surface area contributed by atoms with Gasteiger partial charge >= 0.3 is 5.97 Å². The number of rotatable bonds is 2. The zero-order valence-electron chi connectivity index (χ0n) is 11.1. The van der Waals surface area contributed by atoms with Gasteiger partial charge in [-0.15, -0.1) is 12.6 Å². The van der Waals surface area contributed by atoms with Crippen LogP contribution in [-0.2, 0) is 0 Å². The second kappa shape index (κ2) is 4.96. The standard InChI is InChI=1S/C13H20N2O2S/c1-7-5-4-6-8(2)10(7)15-11(12(16)17)9(3)14-13(15)18/h7-8,10H,4-6H2,1-3H3,(H,14,18)(H,16,17). The lowest BCUT2D eigenvalue weighted by molar-refractivity contribution is 0.0667. The van der Waals surface area contributed by atoms with Crippen molar-refractivity contribution >= 4 is 18.6 Å². The molecule has 0 radical (unpaired) electrons. The number of carboxylic acid groups (broad SMARTS) is 1. The molecule has 1 aliphatic rings. The third-order valence-electron chi connectivity index (χ3n) is 4.05. The van der Waals surface area contributed by atoms with E-state index < -0.39 is 5.97 Å². The monoisotopic (exact) mass is 268 g/mol. The van der Waals surface area contributed by atoms with Crippen molar-refractivity contribution in [3.8, 4) is 0 Å². The number of aromatic nitrogens is 2. The Morgan fingerprint density at radius 3 is 2.44 bits per heavy atom. The third kappa shape index (κ3) is 2.16. The Kier molecular flexibility index (Phi) is 3.71. The second-order valence-corrected chi connectivity index (χ2v) is 5.80. The highest BCUT2D eigenvalue weighted by Gasteiger charge is 2.34. The van der Waals surface area contributed by atoms with Crippen molar-refractivity contribution in [1.82, 2.24) is 9.55 Å². The maximum absolute atomic E-state index is 11.4. The molecule has 0 saturated heterocycles. The quantitative estimate of drug-likeness (QED) is 0.810. The molecule has 0 aliphatic heterocycles. The number of carbonyl (C=O) groups is 1. The van der Waals surface area contributed by atoms with Crippen molar-refractivity contribution in [3.05, 3.63) is 11.4 Å². The molecule has 2 unspecified atom stereocenters. The summed E-state index contributed by atoms with van der Waals surface area (Å²) in [6.07, 6.45) is 3.49. The number of aryl methyl sites for hydroxylation is 1. The van der Waals surface area contributed by atoms with Crippen LogP contribution in [0.5, 0.6) is 0 Å². The SMILES string of the molecule is Cc1nc(S)n(C2C(C)CCCC2C)c1C(=O)O. The number of carboxylic acids is 1. The summed E-state index contributed by atoms with van der Waals surface area (Å²) in [5, 5.41) is 9.89. The molecular weight excluding hydrogens is 248 g/mol. The molecule has 1 fully saturated rings. The zero-order valence-corrected chi connectivity index (χ0v) is 11.9. The van der Waals surface area contributed by atoms with Gasteiger partial charge in [-0.05, 0) is 31.6 Å². The molecule has 0 spiro atoms. The highest BCUT2D eigenvalue weighted by molar-refractivity contribution is 7.80. The minimum atomic E-state index is -0.912. The fourth-order valence-electron chi connectivity index (χ4n) is 3.24. The molecule has 2 atom stereocenters. The van der Waals surface area contributed by atoms with Gasteiger partial charge in [0.25, 0.3) is 0 Å². The Morgan fingerprint density at radius 2 is 1.94 bits per heavy atom. The van der Waals surface area contributed by atoms with Gasteiger partial charge in [0.05, 0.1) is 5.69 Å². The van der Waals surface area contributed by atoms with Gasteiger partial charge in [0.15, 0.2) is 10.9 Å². The van der Waals surface area contributed by atoms with Crippen molar-refractivity contribution in [2.75, 3.05) is 0 Å². The van der Waals surface area contributed by atoms with Gasteiger partial charge in [-0.25, -0.2) is 9.78 Å². The topological polar surface area (TPSA) is 55.1 Å². The van der Waals surface area contributed by atoms with Crippen molar-refractivity contribution in [1.29, 1.82) is 0 Å². The van der Waals surface area contributed by atoms with Gasteiger partial charge in [0, 0.05) is 6.04 Å². The van der Waals surface area contributed by atoms with E-state index in [1.165, 1.54) is 6.42 Å². The molecule has 100 valence electrons. The first-order valence-electron chi connectivity index (χ1n) is 6.44. The Bertz CT molecular complexity index is 460. The predicted molar refractivity (Wildman–Crippen MR) is 72.4 cm³/mol. The average Bonchev–Trinajstić information content (AvgIpc) is 2.54. The van der Waals surface area contributed by atoms with Gasteiger partial charge in [0.1, 0.15) is 0 Å². The van der Waals surface area contributed by atoms with Crippen LogP contribution in [0, 0.1) is 18.8 Å². The summed E-state index contributed by atoms with van der Waals surface area (Å²) in [5.74, 6) is 0.0166. The summed E-state index contributed by atoms with van der Waals surface area (Å²) in [5.41, 5.74) is 0.850. The Hall–Kier alpha value is -0.970. The lowest BCUT2D eigenvalue weighted by Gasteiger charge is -2.36. The van der Waals surface area contributed by atoms with E-state index in [4.69, 9.17) is 0 Å². The van der Waals surface area contributed by atoms with Crippen LogP contribution < -0.4 is 0 Å². The van der Waals surface area contributed by atoms with E-state index in [9.17, 15) is 9.90 Å². The summed E-state index contributed by atoms with van der Waals surface area (Å²) in [6.45, 7) is 6.11. The van der Waals surface area contributed by atoms with Crippen LogP contribution in [0.25, 0.3) is 0 Å². The second-order valence-electron chi connectivity index (χ2n) is 5.40. The molecule has 0 aromatic carbocycles. The van der Waals surface area contributed by atoms with Gasteiger partial charge in [-0.3, -0.25) is 0 Å². The van der Waals surface area contributed by atoms with Crippen LogP contribution in [0.2, 0.25) is 0 Å². The molecule has 4 nitrogen and oxygen atoms in total. The van der Waals surface area contributed by atoms with Crippen LogP contribution >= 0.6 is 12.6 Å². The lowest BCUT2D eigenvalue weighted by atomic mass is 9.78. The third-order valence-corrected chi connectivity index (χ3v) is 4.37. The molecule has 1 saturated carbocycles. The molecule has 2 rings (SSSR count). The van der Waals surface area contributed by atoms with E-state index in [-0.39, 0.29) is 6.04 Å². The fourth-order valence-corrected chi connectivity index (χ4v) is 3.63. The van der Waals surface area contributed by atoms with E-state index in [0.717, 1.165) is 12.8 Å². The van der Waals surface area contributed by atoms with Crippen LogP contribution in [0.3, 0.4) is 0 Å². The van der Waals surface area contributed by atoms with Gasteiger partial charge in [0.2, 0.25) is 0 Å². The summed E-state index contributed by atoms with van der Waals surface area (Å²) in [6, 6.07) is 0.193. The zero-order chi connectivity index (χ0) is 13.4. The van der Waals surface area contributed by atoms with Crippen molar-refractivity contribution in [2.24, 2.45) is 11.8 Å². The molecule has 18 heavy (non-hydrogen) atoms. The van der Waals surface area contributed by atoms with Crippen molar-refractivity contribution < 1.29 is 9.90 Å². The number of imidazole rings is 1. The molecule has 0 bridgehead atoms. The van der Waals surface area contributed by atoms with E-state index in [1.807, 2.05) is 4.57 Å². The Balaban J connectivity index is 2.52. The van der Waals surface area contributed by atoms with Gasteiger partial charge in [-0.2, -0.15) is 0 Å². The van der Waals surface area contributed by atoms with Crippen LogP contribution in [0.1, 0.15) is 55.3 Å². The Morgan fingerprint density at radius 1 is 1.39 bits per heavy atom. The summed E-state index contributed by atoms with van der Waals surface area (Å²) >= 11 is 4.36. The molecule has 1 heterocycles. The number of aromatic carboxylic acids is 1. The predicted octanol–water partition coefficient (Wildman–Crippen LogP) is 3.18. The van der Waals surface area contributed by atoms with Gasteiger partial charge in [-0.1, -0.05) is 20.3 Å². The van der Waals surface area contributed by atoms with Gasteiger partial charge < -0.3 is 9.67 Å². The maximum Gasteiger partial charge on any atom is 0.354 e. The smallest absolute Gasteiger partial charge is 0.354 e.